The summed E-state index contributed by atoms with van der Waals surface area (Å²) in [5.74, 6) is 0. The number of methoxy groups -OCH3 is 1. The van der Waals surface area contributed by atoms with E-state index in [2.05, 4.69) is 5.32 Å². The molecule has 1 fully saturated rings. The summed E-state index contributed by atoms with van der Waals surface area (Å²) in [6, 6.07) is 0. The minimum Gasteiger partial charge on any atom is -0.382 e. The molecular weight excluding hydrogens is 351 g/mol. The van der Waals surface area contributed by atoms with Gasteiger partial charge in [0.1, 0.15) is 0 Å². The third-order valence-electron chi connectivity index (χ3n) is 2.88. The van der Waals surface area contributed by atoms with Gasteiger partial charge in [-0.05, 0) is 13.0 Å². The Hall–Kier alpha value is -0.530. The summed E-state index contributed by atoms with van der Waals surface area (Å²) in [6.07, 6.45) is -3.43. The van der Waals surface area contributed by atoms with Crippen molar-refractivity contribution in [3.63, 3.8) is 0 Å². The van der Waals surface area contributed by atoms with Gasteiger partial charge in [-0.25, -0.2) is 5.26 Å². The van der Waals surface area contributed by atoms with Gasteiger partial charge in [-0.2, -0.15) is 0 Å². The van der Waals surface area contributed by atoms with Gasteiger partial charge in [-0.3, -0.25) is 0 Å². The van der Waals surface area contributed by atoms with Crippen LogP contribution in [-0.4, -0.2) is 90.8 Å². The molecular formula is C14H28F3NO7. The molecule has 0 radical (unpaired) electrons. The first-order valence-corrected chi connectivity index (χ1v) is 7.93. The lowest BCUT2D eigenvalue weighted by atomic mass is 10.3. The van der Waals surface area contributed by atoms with Gasteiger partial charge < -0.3 is 29.0 Å². The maximum atomic E-state index is 10.3. The molecule has 0 spiro atoms. The van der Waals surface area contributed by atoms with Crippen LogP contribution in [0.4, 0.5) is 13.2 Å². The summed E-state index contributed by atoms with van der Waals surface area (Å²) in [6.45, 7) is 6.94. The highest BCUT2D eigenvalue weighted by Gasteiger charge is 2.28. The van der Waals surface area contributed by atoms with Crippen molar-refractivity contribution in [1.29, 1.82) is 0 Å². The minimum atomic E-state index is -4.90. The molecule has 0 aliphatic carbocycles. The van der Waals surface area contributed by atoms with Gasteiger partial charge in [0.2, 0.25) is 0 Å². The third-order valence-corrected chi connectivity index (χ3v) is 2.88. The van der Waals surface area contributed by atoms with Gasteiger partial charge in [0.25, 0.3) is 0 Å². The van der Waals surface area contributed by atoms with E-state index in [-0.39, 0.29) is 0 Å². The second-order valence-electron chi connectivity index (χ2n) is 4.85. The molecule has 152 valence electrons. The first-order chi connectivity index (χ1) is 12.0. The Bertz CT molecular complexity index is 280. The molecule has 1 aliphatic rings. The van der Waals surface area contributed by atoms with Crippen LogP contribution in [0.25, 0.3) is 0 Å². The maximum Gasteiger partial charge on any atom is 0.549 e. The van der Waals surface area contributed by atoms with Gasteiger partial charge >= 0.3 is 6.36 Å². The van der Waals surface area contributed by atoms with Crippen LogP contribution >= 0.6 is 0 Å². The van der Waals surface area contributed by atoms with E-state index in [1.807, 2.05) is 4.89 Å². The lowest BCUT2D eigenvalue weighted by molar-refractivity contribution is -0.464. The molecule has 2 N–H and O–H groups in total. The first-order valence-electron chi connectivity index (χ1n) is 7.93. The molecule has 0 bridgehead atoms. The van der Waals surface area contributed by atoms with Crippen molar-refractivity contribution in [3.8, 4) is 0 Å². The molecule has 0 aromatic carbocycles. The van der Waals surface area contributed by atoms with E-state index in [1.54, 1.807) is 7.11 Å². The molecule has 11 heteroatoms. The maximum absolute atomic E-state index is 10.3. The number of nitrogens with one attached hydrogen (secondary N) is 1. The monoisotopic (exact) mass is 379 g/mol. The summed E-state index contributed by atoms with van der Waals surface area (Å²) in [4.78, 5) is 1.94. The van der Waals surface area contributed by atoms with Gasteiger partial charge in [0.15, 0.2) is 0 Å². The number of ether oxygens (including phenoxy) is 5. The zero-order valence-corrected chi connectivity index (χ0v) is 14.4. The second kappa shape index (κ2) is 16.9. The number of hydrogen-bond acceptors (Lipinski definition) is 8. The standard InChI is InChI=1S/C13H27NO5.CHF3O2/c1-15-4-5-16-6-7-17-8-9-18-10-11-19-13-2-3-14-12-13;2-1(3,4)6-5/h13-14H,2-12H2,1H3;5H. The fourth-order valence-electron chi connectivity index (χ4n) is 1.73. The van der Waals surface area contributed by atoms with Crippen molar-refractivity contribution in [3.05, 3.63) is 0 Å². The normalized spacial score (nSPS) is 17.4. The van der Waals surface area contributed by atoms with Gasteiger partial charge in [-0.15, -0.1) is 18.1 Å². The smallest absolute Gasteiger partial charge is 0.382 e. The van der Waals surface area contributed by atoms with Gasteiger partial charge in [-0.1, -0.05) is 0 Å². The Morgan fingerprint density at radius 1 is 0.920 bits per heavy atom. The molecule has 1 unspecified atom stereocenters. The lowest BCUT2D eigenvalue weighted by Crippen LogP contribution is -2.19. The fourth-order valence-corrected chi connectivity index (χ4v) is 1.73. The summed E-state index contributed by atoms with van der Waals surface area (Å²) in [5.41, 5.74) is 0. The number of halogens is 3. The quantitative estimate of drug-likeness (QED) is 0.279. The molecule has 0 aromatic rings. The van der Waals surface area contributed by atoms with E-state index >= 15 is 0 Å². The van der Waals surface area contributed by atoms with Crippen LogP contribution in [0.2, 0.25) is 0 Å². The van der Waals surface area contributed by atoms with Crippen molar-refractivity contribution in [2.45, 2.75) is 18.9 Å². The highest BCUT2D eigenvalue weighted by molar-refractivity contribution is 4.70. The Morgan fingerprint density at radius 3 is 1.80 bits per heavy atom. The zero-order chi connectivity index (χ0) is 18.8. The average molecular weight is 379 g/mol. The van der Waals surface area contributed by atoms with Crippen LogP contribution in [0.5, 0.6) is 0 Å². The Labute approximate surface area is 145 Å². The van der Waals surface area contributed by atoms with Crippen LogP contribution in [0.1, 0.15) is 6.42 Å². The molecule has 0 aromatic heterocycles. The topological polar surface area (TPSA) is 87.6 Å². The van der Waals surface area contributed by atoms with Crippen molar-refractivity contribution >= 4 is 0 Å². The van der Waals surface area contributed by atoms with E-state index < -0.39 is 6.36 Å². The summed E-state index contributed by atoms with van der Waals surface area (Å²) in [5, 5.41) is 10.0. The number of hydrogen-bond donors (Lipinski definition) is 2. The van der Waals surface area contributed by atoms with Crippen LogP contribution in [0.3, 0.4) is 0 Å². The zero-order valence-electron chi connectivity index (χ0n) is 14.4. The van der Waals surface area contributed by atoms with Crippen LogP contribution in [0.15, 0.2) is 0 Å². The van der Waals surface area contributed by atoms with Gasteiger partial charge in [0, 0.05) is 13.7 Å². The second-order valence-corrected chi connectivity index (χ2v) is 4.85. The number of alkyl halides is 3. The SMILES string of the molecule is COCCOCCOCCOCCOC1CCNC1.OOC(F)(F)F. The van der Waals surface area contributed by atoms with Crippen LogP contribution < -0.4 is 5.32 Å². The Balaban J connectivity index is 0.000000823. The third kappa shape index (κ3) is 19.6. The van der Waals surface area contributed by atoms with E-state index in [1.165, 1.54) is 0 Å². The molecule has 1 atom stereocenters. The molecule has 1 rings (SSSR count). The van der Waals surface area contributed by atoms with Crippen molar-refractivity contribution in [2.75, 3.05) is 73.1 Å². The van der Waals surface area contributed by atoms with E-state index in [0.717, 1.165) is 19.5 Å². The molecule has 8 nitrogen and oxygen atoms in total. The first kappa shape index (κ1) is 24.5. The van der Waals surface area contributed by atoms with E-state index in [9.17, 15) is 13.2 Å². The predicted molar refractivity (Wildman–Crippen MR) is 81.3 cm³/mol. The summed E-state index contributed by atoms with van der Waals surface area (Å²) in [7, 11) is 1.66. The molecule has 0 saturated carbocycles. The van der Waals surface area contributed by atoms with Crippen LogP contribution in [0, 0.1) is 0 Å². The Kier molecular flexibility index (Phi) is 16.6. The lowest BCUT2D eigenvalue weighted by Gasteiger charge is -2.10. The molecule has 1 heterocycles. The molecule has 1 aliphatic heterocycles. The van der Waals surface area contributed by atoms with Gasteiger partial charge in [0.05, 0.1) is 59.0 Å². The highest BCUT2D eigenvalue weighted by atomic mass is 19.4. The predicted octanol–water partition coefficient (Wildman–Crippen LogP) is 1.06. The van der Waals surface area contributed by atoms with Crippen molar-refractivity contribution < 1.29 is 47.0 Å². The van der Waals surface area contributed by atoms with Crippen molar-refractivity contribution in [1.82, 2.24) is 5.32 Å². The van der Waals surface area contributed by atoms with E-state index in [4.69, 9.17) is 28.9 Å². The highest BCUT2D eigenvalue weighted by Crippen LogP contribution is 2.12. The summed E-state index contributed by atoms with van der Waals surface area (Å²) < 4.78 is 57.4. The summed E-state index contributed by atoms with van der Waals surface area (Å²) >= 11 is 0. The largest absolute Gasteiger partial charge is 0.549 e. The van der Waals surface area contributed by atoms with Crippen molar-refractivity contribution in [2.24, 2.45) is 0 Å². The number of rotatable bonds is 13. The van der Waals surface area contributed by atoms with Crippen LogP contribution in [-0.2, 0) is 28.6 Å². The minimum absolute atomic E-state index is 0.365. The Morgan fingerprint density at radius 2 is 1.40 bits per heavy atom. The molecule has 25 heavy (non-hydrogen) atoms. The average Bonchev–Trinajstić information content (AvgIpc) is 3.09. The molecule has 1 saturated heterocycles. The molecule has 0 amide bonds. The fraction of sp³-hybridized carbons (Fsp3) is 1.00. The van der Waals surface area contributed by atoms with E-state index in [0.29, 0.717) is 59.0 Å².